The average molecular weight is 375 g/mol. The summed E-state index contributed by atoms with van der Waals surface area (Å²) in [6, 6.07) is 6.54. The Bertz CT molecular complexity index is 780. The summed E-state index contributed by atoms with van der Waals surface area (Å²) >= 11 is 0. The van der Waals surface area contributed by atoms with Crippen molar-refractivity contribution in [2.75, 3.05) is 26.1 Å². The van der Waals surface area contributed by atoms with E-state index in [2.05, 4.69) is 10.5 Å². The molecule has 1 unspecified atom stereocenters. The summed E-state index contributed by atoms with van der Waals surface area (Å²) in [5, 5.41) is 6.37. The Kier molecular flexibility index (Phi) is 6.81. The van der Waals surface area contributed by atoms with Crippen molar-refractivity contribution in [2.45, 2.75) is 33.2 Å². The summed E-state index contributed by atoms with van der Waals surface area (Å²) in [7, 11) is 2.97. The van der Waals surface area contributed by atoms with Gasteiger partial charge < -0.3 is 24.2 Å². The van der Waals surface area contributed by atoms with Crippen LogP contribution >= 0.6 is 0 Å². The summed E-state index contributed by atoms with van der Waals surface area (Å²) in [4.78, 5) is 27.2. The molecular formula is C19H25N3O5. The molecule has 0 aliphatic heterocycles. The molecule has 0 spiro atoms. The number of nitrogens with zero attached hydrogens (tertiary/aromatic N) is 2. The van der Waals surface area contributed by atoms with Crippen LogP contribution in [0.5, 0.6) is 11.5 Å². The number of carbonyl (C=O) groups excluding carboxylic acids is 2. The Morgan fingerprint density at radius 2 is 1.89 bits per heavy atom. The monoisotopic (exact) mass is 375 g/mol. The summed E-state index contributed by atoms with van der Waals surface area (Å²) in [5.74, 6) is 0.958. The minimum absolute atomic E-state index is 0.138. The van der Waals surface area contributed by atoms with E-state index in [1.165, 1.54) is 19.1 Å². The lowest BCUT2D eigenvalue weighted by atomic mass is 10.1. The van der Waals surface area contributed by atoms with Crippen LogP contribution in [0.4, 0.5) is 5.82 Å². The maximum Gasteiger partial charge on any atom is 0.262 e. The minimum Gasteiger partial charge on any atom is -0.496 e. The van der Waals surface area contributed by atoms with Crippen LogP contribution in [0.2, 0.25) is 0 Å². The van der Waals surface area contributed by atoms with Crippen LogP contribution in [0.3, 0.4) is 0 Å². The number of aromatic nitrogens is 1. The van der Waals surface area contributed by atoms with E-state index in [9.17, 15) is 9.59 Å². The number of anilines is 1. The van der Waals surface area contributed by atoms with Crippen LogP contribution in [0.1, 0.15) is 36.4 Å². The third kappa shape index (κ3) is 4.78. The number of rotatable bonds is 8. The van der Waals surface area contributed by atoms with Gasteiger partial charge in [-0.05, 0) is 32.4 Å². The molecule has 1 aromatic carbocycles. The molecule has 146 valence electrons. The largest absolute Gasteiger partial charge is 0.496 e. The lowest BCUT2D eigenvalue weighted by molar-refractivity contribution is -0.117. The van der Waals surface area contributed by atoms with Crippen LogP contribution in [0.15, 0.2) is 28.8 Å². The third-order valence-corrected chi connectivity index (χ3v) is 4.23. The highest BCUT2D eigenvalue weighted by atomic mass is 16.5. The van der Waals surface area contributed by atoms with E-state index in [1.807, 2.05) is 13.8 Å². The molecule has 2 amide bonds. The highest BCUT2D eigenvalue weighted by Gasteiger charge is 2.28. The van der Waals surface area contributed by atoms with Crippen molar-refractivity contribution in [3.05, 3.63) is 35.6 Å². The van der Waals surface area contributed by atoms with Crippen molar-refractivity contribution < 1.29 is 23.6 Å². The van der Waals surface area contributed by atoms with E-state index in [4.69, 9.17) is 14.0 Å². The van der Waals surface area contributed by atoms with Gasteiger partial charge in [-0.2, -0.15) is 0 Å². The SMILES string of the molecule is CCC(C)N(CC(=O)Nc1cc(C)on1)C(=O)c1c(OC)cccc1OC. The minimum atomic E-state index is -0.370. The van der Waals surface area contributed by atoms with E-state index < -0.39 is 0 Å². The van der Waals surface area contributed by atoms with E-state index >= 15 is 0 Å². The molecule has 0 saturated carbocycles. The first-order valence-electron chi connectivity index (χ1n) is 8.66. The Labute approximate surface area is 158 Å². The summed E-state index contributed by atoms with van der Waals surface area (Å²) in [6.07, 6.45) is 0.680. The highest BCUT2D eigenvalue weighted by molar-refractivity contribution is 6.02. The van der Waals surface area contributed by atoms with Gasteiger partial charge >= 0.3 is 0 Å². The van der Waals surface area contributed by atoms with Crippen molar-refractivity contribution in [3.8, 4) is 11.5 Å². The number of nitrogens with one attached hydrogen (secondary N) is 1. The Hall–Kier alpha value is -3.03. The molecular weight excluding hydrogens is 350 g/mol. The number of amides is 2. The second-order valence-electron chi connectivity index (χ2n) is 6.10. The van der Waals surface area contributed by atoms with Crippen molar-refractivity contribution >= 4 is 17.6 Å². The quantitative estimate of drug-likeness (QED) is 0.762. The predicted octanol–water partition coefficient (Wildman–Crippen LogP) is 2.88. The number of methoxy groups -OCH3 is 2. The van der Waals surface area contributed by atoms with Gasteiger partial charge in [-0.3, -0.25) is 9.59 Å². The van der Waals surface area contributed by atoms with E-state index in [0.29, 0.717) is 29.5 Å². The van der Waals surface area contributed by atoms with E-state index in [-0.39, 0.29) is 30.0 Å². The van der Waals surface area contributed by atoms with Gasteiger partial charge in [0.25, 0.3) is 5.91 Å². The van der Waals surface area contributed by atoms with Gasteiger partial charge in [0.15, 0.2) is 5.82 Å². The number of hydrogen-bond acceptors (Lipinski definition) is 6. The zero-order valence-electron chi connectivity index (χ0n) is 16.2. The topological polar surface area (TPSA) is 93.9 Å². The number of benzene rings is 1. The van der Waals surface area contributed by atoms with Gasteiger partial charge in [0.1, 0.15) is 29.4 Å². The first-order chi connectivity index (χ1) is 12.9. The molecule has 0 fully saturated rings. The maximum absolute atomic E-state index is 13.2. The molecule has 8 nitrogen and oxygen atoms in total. The maximum atomic E-state index is 13.2. The fraction of sp³-hybridized carbons (Fsp3) is 0.421. The fourth-order valence-corrected chi connectivity index (χ4v) is 2.62. The van der Waals surface area contributed by atoms with Gasteiger partial charge in [0.05, 0.1) is 14.2 Å². The molecule has 8 heteroatoms. The second-order valence-corrected chi connectivity index (χ2v) is 6.10. The van der Waals surface area contributed by atoms with Crippen LogP contribution in [-0.2, 0) is 4.79 Å². The first-order valence-corrected chi connectivity index (χ1v) is 8.66. The molecule has 0 bridgehead atoms. The summed E-state index contributed by atoms with van der Waals surface area (Å²) in [5.41, 5.74) is 0.285. The van der Waals surface area contributed by atoms with Gasteiger partial charge in [0, 0.05) is 12.1 Å². The number of hydrogen-bond donors (Lipinski definition) is 1. The normalized spacial score (nSPS) is 11.6. The highest BCUT2D eigenvalue weighted by Crippen LogP contribution is 2.30. The molecule has 0 aliphatic carbocycles. The van der Waals surface area contributed by atoms with Crippen molar-refractivity contribution in [1.29, 1.82) is 0 Å². The van der Waals surface area contributed by atoms with Gasteiger partial charge in [-0.25, -0.2) is 0 Å². The molecule has 1 N–H and O–H groups in total. The molecule has 0 aliphatic rings. The van der Waals surface area contributed by atoms with Crippen LogP contribution in [0.25, 0.3) is 0 Å². The Morgan fingerprint density at radius 1 is 1.26 bits per heavy atom. The lowest BCUT2D eigenvalue weighted by Crippen LogP contribution is -2.43. The fourth-order valence-electron chi connectivity index (χ4n) is 2.62. The molecule has 2 aromatic rings. The van der Waals surface area contributed by atoms with Crippen molar-refractivity contribution in [2.24, 2.45) is 0 Å². The number of carbonyl (C=O) groups is 2. The first kappa shape index (κ1) is 20.3. The predicted molar refractivity (Wildman–Crippen MR) is 100 cm³/mol. The standard InChI is InChI=1S/C19H25N3O5/c1-6-12(2)22(11-17(23)20-16-10-13(3)27-21-16)19(24)18-14(25-4)8-7-9-15(18)26-5/h7-10,12H,6,11H2,1-5H3,(H,20,21,23). The molecule has 2 rings (SSSR count). The van der Waals surface area contributed by atoms with Gasteiger partial charge in [-0.15, -0.1) is 0 Å². The van der Waals surface area contributed by atoms with Crippen LogP contribution < -0.4 is 14.8 Å². The lowest BCUT2D eigenvalue weighted by Gasteiger charge is -2.29. The molecule has 27 heavy (non-hydrogen) atoms. The Morgan fingerprint density at radius 3 is 2.37 bits per heavy atom. The average Bonchev–Trinajstić information content (AvgIpc) is 3.08. The number of ether oxygens (including phenoxy) is 2. The Balaban J connectivity index is 2.28. The van der Waals surface area contributed by atoms with Crippen LogP contribution in [0, 0.1) is 6.92 Å². The molecule has 1 aromatic heterocycles. The van der Waals surface area contributed by atoms with Crippen molar-refractivity contribution in [1.82, 2.24) is 10.1 Å². The van der Waals surface area contributed by atoms with E-state index in [0.717, 1.165) is 0 Å². The smallest absolute Gasteiger partial charge is 0.262 e. The summed E-state index contributed by atoms with van der Waals surface area (Å²) in [6.45, 7) is 5.42. The molecule has 1 atom stereocenters. The van der Waals surface area contributed by atoms with Crippen molar-refractivity contribution in [3.63, 3.8) is 0 Å². The zero-order chi connectivity index (χ0) is 20.0. The number of aryl methyl sites for hydroxylation is 1. The third-order valence-electron chi connectivity index (χ3n) is 4.23. The zero-order valence-corrected chi connectivity index (χ0v) is 16.2. The second kappa shape index (κ2) is 9.07. The van der Waals surface area contributed by atoms with Gasteiger partial charge in [-0.1, -0.05) is 18.1 Å². The molecule has 0 radical (unpaired) electrons. The molecule has 0 saturated heterocycles. The van der Waals surface area contributed by atoms with Crippen LogP contribution in [-0.4, -0.2) is 48.7 Å². The summed E-state index contributed by atoms with van der Waals surface area (Å²) < 4.78 is 15.6. The molecule has 1 heterocycles. The van der Waals surface area contributed by atoms with Gasteiger partial charge in [0.2, 0.25) is 5.91 Å². The van der Waals surface area contributed by atoms with E-state index in [1.54, 1.807) is 31.2 Å².